The van der Waals surface area contributed by atoms with Crippen molar-refractivity contribution < 1.29 is 23.8 Å². The first-order chi connectivity index (χ1) is 25.6. The Hall–Kier alpha value is -4.04. The second-order valence-electron chi connectivity index (χ2n) is 13.9. The molecule has 5 nitrogen and oxygen atoms in total. The number of unbranched alkanes of at least 4 members (excludes halogenated alkanes) is 17. The number of rotatable bonds is 27. The van der Waals surface area contributed by atoms with Crippen LogP contribution in [0.5, 0.6) is 5.75 Å². The van der Waals surface area contributed by atoms with Crippen LogP contribution in [0.2, 0.25) is 0 Å². The molecule has 5 heteroatoms. The predicted molar refractivity (Wildman–Crippen MR) is 215 cm³/mol. The third-order valence-corrected chi connectivity index (χ3v) is 9.34. The molecule has 0 fully saturated rings. The zero-order chi connectivity index (χ0) is 36.9. The van der Waals surface area contributed by atoms with Crippen molar-refractivity contribution in [3.8, 4) is 28.7 Å². The molecule has 0 amide bonds. The Kier molecular flexibility index (Phi) is 22.5. The average Bonchev–Trinajstić information content (AvgIpc) is 3.18. The molecule has 0 bridgehead atoms. The molecule has 0 aliphatic heterocycles. The van der Waals surface area contributed by atoms with Crippen molar-refractivity contribution in [3.63, 3.8) is 0 Å². The van der Waals surface area contributed by atoms with Crippen molar-refractivity contribution in [1.82, 2.24) is 0 Å². The van der Waals surface area contributed by atoms with Gasteiger partial charge in [-0.25, -0.2) is 9.59 Å². The van der Waals surface area contributed by atoms with Gasteiger partial charge in [-0.1, -0.05) is 146 Å². The number of carbonyl (C=O) groups is 2. The third kappa shape index (κ3) is 18.5. The minimum atomic E-state index is -0.257. The minimum Gasteiger partial charge on any atom is -0.494 e. The summed E-state index contributed by atoms with van der Waals surface area (Å²) in [6.07, 6.45) is 23.2. The quantitative estimate of drug-likeness (QED) is 0.0448. The van der Waals surface area contributed by atoms with Crippen molar-refractivity contribution in [2.24, 2.45) is 0 Å². The third-order valence-electron chi connectivity index (χ3n) is 9.34. The molecular formula is C47H64O5. The van der Waals surface area contributed by atoms with E-state index in [0.717, 1.165) is 80.4 Å². The number of esters is 2. The monoisotopic (exact) mass is 708 g/mol. The number of benzene rings is 3. The Balaban J connectivity index is 1.13. The van der Waals surface area contributed by atoms with Gasteiger partial charge in [-0.05, 0) is 85.3 Å². The van der Waals surface area contributed by atoms with Gasteiger partial charge < -0.3 is 14.2 Å². The van der Waals surface area contributed by atoms with Crippen LogP contribution < -0.4 is 4.74 Å². The smallest absolute Gasteiger partial charge is 0.338 e. The van der Waals surface area contributed by atoms with Gasteiger partial charge in [0.15, 0.2) is 0 Å². The first-order valence-electron chi connectivity index (χ1n) is 20.4. The van der Waals surface area contributed by atoms with Crippen LogP contribution in [0.4, 0.5) is 0 Å². The largest absolute Gasteiger partial charge is 0.494 e. The summed E-state index contributed by atoms with van der Waals surface area (Å²) in [5.41, 5.74) is 4.28. The molecule has 0 saturated carbocycles. The molecule has 282 valence electrons. The normalized spacial score (nSPS) is 10.7. The minimum absolute atomic E-state index is 0.255. The lowest BCUT2D eigenvalue weighted by molar-refractivity contribution is 0.0488. The summed E-state index contributed by atoms with van der Waals surface area (Å²) in [6.45, 7) is 6.14. The molecule has 0 radical (unpaired) electrons. The van der Waals surface area contributed by atoms with Gasteiger partial charge in [0.25, 0.3) is 0 Å². The molecule has 3 aromatic rings. The highest BCUT2D eigenvalue weighted by Gasteiger charge is 2.09. The average molecular weight is 709 g/mol. The molecule has 52 heavy (non-hydrogen) atoms. The summed E-state index contributed by atoms with van der Waals surface area (Å²) in [5, 5.41) is 0. The molecular weight excluding hydrogens is 645 g/mol. The summed E-state index contributed by atoms with van der Waals surface area (Å²) < 4.78 is 16.9. The fourth-order valence-electron chi connectivity index (χ4n) is 6.05. The SMILES string of the molecule is CCCCCCC#Cc1ccc(C(=O)OCCCCCCCCCCCCOC(=O)c2ccc(-c3ccc(OCCCCCCC)cc3)cc2)cc1. The fraction of sp³-hybridized carbons (Fsp3) is 0.532. The van der Waals surface area contributed by atoms with Crippen LogP contribution in [0.25, 0.3) is 11.1 Å². The Bertz CT molecular complexity index is 1430. The molecule has 3 aromatic carbocycles. The second-order valence-corrected chi connectivity index (χ2v) is 13.9. The van der Waals surface area contributed by atoms with Crippen molar-refractivity contribution in [2.45, 2.75) is 142 Å². The highest BCUT2D eigenvalue weighted by Crippen LogP contribution is 2.23. The Morgan fingerprint density at radius 1 is 0.462 bits per heavy atom. The van der Waals surface area contributed by atoms with Gasteiger partial charge in [0.1, 0.15) is 5.75 Å². The fourth-order valence-corrected chi connectivity index (χ4v) is 6.05. The van der Waals surface area contributed by atoms with E-state index in [1.807, 2.05) is 60.7 Å². The van der Waals surface area contributed by atoms with E-state index in [4.69, 9.17) is 14.2 Å². The molecule has 0 N–H and O–H groups in total. The number of carbonyl (C=O) groups excluding carboxylic acids is 2. The number of hydrogen-bond acceptors (Lipinski definition) is 5. The maximum Gasteiger partial charge on any atom is 0.338 e. The predicted octanol–water partition coefficient (Wildman–Crippen LogP) is 12.9. The van der Waals surface area contributed by atoms with Crippen molar-refractivity contribution >= 4 is 11.9 Å². The van der Waals surface area contributed by atoms with Gasteiger partial charge in [-0.15, -0.1) is 0 Å². The Labute approximate surface area is 315 Å². The van der Waals surface area contributed by atoms with Crippen LogP contribution in [-0.2, 0) is 9.47 Å². The molecule has 0 spiro atoms. The van der Waals surface area contributed by atoms with Gasteiger partial charge in [-0.3, -0.25) is 0 Å². The highest BCUT2D eigenvalue weighted by molar-refractivity contribution is 5.90. The summed E-state index contributed by atoms with van der Waals surface area (Å²) in [5.74, 6) is 6.80. The van der Waals surface area contributed by atoms with Crippen LogP contribution in [-0.4, -0.2) is 31.8 Å². The Morgan fingerprint density at radius 2 is 0.865 bits per heavy atom. The van der Waals surface area contributed by atoms with E-state index < -0.39 is 0 Å². The van der Waals surface area contributed by atoms with E-state index in [1.54, 1.807) is 0 Å². The van der Waals surface area contributed by atoms with Crippen molar-refractivity contribution in [1.29, 1.82) is 0 Å². The van der Waals surface area contributed by atoms with Crippen molar-refractivity contribution in [3.05, 3.63) is 89.5 Å². The zero-order valence-electron chi connectivity index (χ0n) is 32.2. The van der Waals surface area contributed by atoms with Crippen LogP contribution in [0.1, 0.15) is 169 Å². The van der Waals surface area contributed by atoms with E-state index in [0.29, 0.717) is 24.3 Å². The van der Waals surface area contributed by atoms with E-state index in [2.05, 4.69) is 37.8 Å². The van der Waals surface area contributed by atoms with Gasteiger partial charge >= 0.3 is 11.9 Å². The van der Waals surface area contributed by atoms with Gasteiger partial charge in [0.2, 0.25) is 0 Å². The van der Waals surface area contributed by atoms with Crippen molar-refractivity contribution in [2.75, 3.05) is 19.8 Å². The Morgan fingerprint density at radius 3 is 1.37 bits per heavy atom. The summed E-state index contributed by atoms with van der Waals surface area (Å²) >= 11 is 0. The van der Waals surface area contributed by atoms with Crippen LogP contribution in [0.15, 0.2) is 72.8 Å². The molecule has 0 heterocycles. The maximum absolute atomic E-state index is 12.5. The lowest BCUT2D eigenvalue weighted by Crippen LogP contribution is -2.06. The van der Waals surface area contributed by atoms with Crippen LogP contribution in [0, 0.1) is 11.8 Å². The summed E-state index contributed by atoms with van der Waals surface area (Å²) in [6, 6.07) is 23.2. The van der Waals surface area contributed by atoms with Gasteiger partial charge in [0.05, 0.1) is 30.9 Å². The highest BCUT2D eigenvalue weighted by atomic mass is 16.5. The van der Waals surface area contributed by atoms with Crippen LogP contribution in [0.3, 0.4) is 0 Å². The van der Waals surface area contributed by atoms with E-state index in [9.17, 15) is 9.59 Å². The summed E-state index contributed by atoms with van der Waals surface area (Å²) in [4.78, 5) is 24.9. The molecule has 0 aliphatic carbocycles. The standard InChI is InChI=1S/C47H64O5/c1-3-5-7-9-16-20-24-40-25-27-43(28-26-40)46(48)51-38-22-18-14-12-10-11-13-15-19-23-39-52-47(49)44-31-29-41(30-32-44)42-33-35-45(36-34-42)50-37-21-17-8-6-4-2/h25-36H,3-19,21-23,37-39H2,1-2H3. The number of hydrogen-bond donors (Lipinski definition) is 0. The molecule has 3 rings (SSSR count). The van der Waals surface area contributed by atoms with Crippen LogP contribution >= 0.6 is 0 Å². The lowest BCUT2D eigenvalue weighted by atomic mass is 10.0. The van der Waals surface area contributed by atoms with Gasteiger partial charge in [0, 0.05) is 12.0 Å². The molecule has 0 unspecified atom stereocenters. The maximum atomic E-state index is 12.5. The number of ether oxygens (including phenoxy) is 3. The van der Waals surface area contributed by atoms with Gasteiger partial charge in [-0.2, -0.15) is 0 Å². The molecule has 0 atom stereocenters. The summed E-state index contributed by atoms with van der Waals surface area (Å²) in [7, 11) is 0. The molecule has 0 aliphatic rings. The molecule has 0 saturated heterocycles. The molecule has 0 aromatic heterocycles. The topological polar surface area (TPSA) is 61.8 Å². The van der Waals surface area contributed by atoms with E-state index in [-0.39, 0.29) is 11.9 Å². The second kappa shape index (κ2) is 27.6. The first-order valence-corrected chi connectivity index (χ1v) is 20.4. The lowest BCUT2D eigenvalue weighted by Gasteiger charge is -2.08. The van der Waals surface area contributed by atoms with E-state index >= 15 is 0 Å². The van der Waals surface area contributed by atoms with E-state index in [1.165, 1.54) is 77.0 Å². The zero-order valence-corrected chi connectivity index (χ0v) is 32.2. The first kappa shape index (κ1) is 42.4.